The van der Waals surface area contributed by atoms with Crippen molar-refractivity contribution in [3.05, 3.63) is 29.8 Å². The standard InChI is InChI=1S/C16H24N2O2.ClH/c1-12-5-3-7-15(9-12)20-13(2)10-18-16(19)14-6-4-8-17-11-14;/h3,5,7,9,13-14,17H,4,6,8,10-11H2,1-2H3,(H,18,19);1H. The van der Waals surface area contributed by atoms with E-state index < -0.39 is 0 Å². The van der Waals surface area contributed by atoms with Crippen molar-refractivity contribution in [3.8, 4) is 5.75 Å². The first-order valence-electron chi connectivity index (χ1n) is 7.37. The Morgan fingerprint density at radius 1 is 1.52 bits per heavy atom. The lowest BCUT2D eigenvalue weighted by molar-refractivity contribution is -0.125. The summed E-state index contributed by atoms with van der Waals surface area (Å²) < 4.78 is 5.80. The van der Waals surface area contributed by atoms with Crippen LogP contribution in [-0.4, -0.2) is 31.6 Å². The van der Waals surface area contributed by atoms with Crippen LogP contribution < -0.4 is 15.4 Å². The molecule has 0 bridgehead atoms. The maximum Gasteiger partial charge on any atom is 0.224 e. The van der Waals surface area contributed by atoms with E-state index in [1.807, 2.05) is 38.1 Å². The van der Waals surface area contributed by atoms with Gasteiger partial charge in [0, 0.05) is 6.54 Å². The zero-order valence-corrected chi connectivity index (χ0v) is 13.5. The summed E-state index contributed by atoms with van der Waals surface area (Å²) in [6.45, 7) is 6.37. The third-order valence-corrected chi connectivity index (χ3v) is 3.56. The van der Waals surface area contributed by atoms with E-state index in [0.717, 1.165) is 31.7 Å². The molecule has 1 aromatic rings. The lowest BCUT2D eigenvalue weighted by Gasteiger charge is -2.23. The Morgan fingerprint density at radius 3 is 3.00 bits per heavy atom. The average molecular weight is 313 g/mol. The minimum Gasteiger partial charge on any atom is -0.489 e. The number of carbonyl (C=O) groups excluding carboxylic acids is 1. The highest BCUT2D eigenvalue weighted by Crippen LogP contribution is 2.14. The fourth-order valence-electron chi connectivity index (χ4n) is 2.43. The molecular formula is C16H25ClN2O2. The topological polar surface area (TPSA) is 50.4 Å². The number of ether oxygens (including phenoxy) is 1. The summed E-state index contributed by atoms with van der Waals surface area (Å²) >= 11 is 0. The number of aryl methyl sites for hydroxylation is 1. The third-order valence-electron chi connectivity index (χ3n) is 3.56. The number of rotatable bonds is 5. The number of carbonyl (C=O) groups is 1. The summed E-state index contributed by atoms with van der Waals surface area (Å²) in [7, 11) is 0. The third kappa shape index (κ3) is 5.94. The van der Waals surface area contributed by atoms with Crippen molar-refractivity contribution in [1.82, 2.24) is 10.6 Å². The fraction of sp³-hybridized carbons (Fsp3) is 0.562. The van der Waals surface area contributed by atoms with E-state index in [1.54, 1.807) is 0 Å². The Hall–Kier alpha value is -1.26. The first kappa shape index (κ1) is 17.8. The van der Waals surface area contributed by atoms with Crippen molar-refractivity contribution < 1.29 is 9.53 Å². The van der Waals surface area contributed by atoms with Crippen LogP contribution in [0.2, 0.25) is 0 Å². The van der Waals surface area contributed by atoms with Crippen molar-refractivity contribution in [3.63, 3.8) is 0 Å². The number of amides is 1. The SMILES string of the molecule is Cc1cccc(OC(C)CNC(=O)C2CCCNC2)c1.Cl. The van der Waals surface area contributed by atoms with Gasteiger partial charge in [0.2, 0.25) is 5.91 Å². The minimum absolute atomic E-state index is 0. The minimum atomic E-state index is -0.0303. The highest BCUT2D eigenvalue weighted by atomic mass is 35.5. The van der Waals surface area contributed by atoms with Crippen molar-refractivity contribution >= 4 is 18.3 Å². The number of hydrogen-bond donors (Lipinski definition) is 2. The molecule has 1 saturated heterocycles. The van der Waals surface area contributed by atoms with Gasteiger partial charge < -0.3 is 15.4 Å². The van der Waals surface area contributed by atoms with E-state index in [9.17, 15) is 4.79 Å². The van der Waals surface area contributed by atoms with E-state index in [1.165, 1.54) is 5.56 Å². The molecule has 21 heavy (non-hydrogen) atoms. The van der Waals surface area contributed by atoms with E-state index in [2.05, 4.69) is 10.6 Å². The van der Waals surface area contributed by atoms with Crippen LogP contribution in [0.5, 0.6) is 5.75 Å². The highest BCUT2D eigenvalue weighted by molar-refractivity contribution is 5.85. The van der Waals surface area contributed by atoms with Gasteiger partial charge in [0.25, 0.3) is 0 Å². The Kier molecular flexibility index (Phi) is 7.54. The molecule has 1 aromatic carbocycles. The van der Waals surface area contributed by atoms with Crippen LogP contribution in [0.3, 0.4) is 0 Å². The molecule has 4 nitrogen and oxygen atoms in total. The van der Waals surface area contributed by atoms with Crippen molar-refractivity contribution in [2.24, 2.45) is 5.92 Å². The molecule has 2 rings (SSSR count). The second-order valence-corrected chi connectivity index (χ2v) is 5.53. The van der Waals surface area contributed by atoms with Gasteiger partial charge in [0.15, 0.2) is 0 Å². The van der Waals surface area contributed by atoms with Gasteiger partial charge in [0.1, 0.15) is 11.9 Å². The van der Waals surface area contributed by atoms with Gasteiger partial charge in [-0.1, -0.05) is 12.1 Å². The maximum absolute atomic E-state index is 12.0. The summed E-state index contributed by atoms with van der Waals surface area (Å²) in [5.41, 5.74) is 1.17. The van der Waals surface area contributed by atoms with Crippen molar-refractivity contribution in [1.29, 1.82) is 0 Å². The van der Waals surface area contributed by atoms with Crippen molar-refractivity contribution in [2.75, 3.05) is 19.6 Å². The van der Waals surface area contributed by atoms with Crippen LogP contribution in [0.25, 0.3) is 0 Å². The lowest BCUT2D eigenvalue weighted by Crippen LogP contribution is -2.43. The summed E-state index contributed by atoms with van der Waals surface area (Å²) in [6.07, 6.45) is 2.02. The largest absolute Gasteiger partial charge is 0.489 e. The molecule has 1 amide bonds. The molecular weight excluding hydrogens is 288 g/mol. The van der Waals surface area contributed by atoms with Crippen LogP contribution in [0, 0.1) is 12.8 Å². The van der Waals surface area contributed by atoms with Gasteiger partial charge in [-0.15, -0.1) is 12.4 Å². The Labute approximate surface area is 133 Å². The van der Waals surface area contributed by atoms with E-state index in [4.69, 9.17) is 4.74 Å². The molecule has 0 saturated carbocycles. The van der Waals surface area contributed by atoms with E-state index in [0.29, 0.717) is 6.54 Å². The lowest BCUT2D eigenvalue weighted by atomic mass is 9.99. The van der Waals surface area contributed by atoms with E-state index in [-0.39, 0.29) is 30.3 Å². The van der Waals surface area contributed by atoms with Crippen LogP contribution >= 0.6 is 12.4 Å². The molecule has 1 aliphatic rings. The van der Waals surface area contributed by atoms with E-state index >= 15 is 0 Å². The number of piperidine rings is 1. The molecule has 0 spiro atoms. The van der Waals surface area contributed by atoms with Gasteiger partial charge in [0.05, 0.1) is 12.5 Å². The van der Waals surface area contributed by atoms with Crippen LogP contribution in [0.15, 0.2) is 24.3 Å². The predicted octanol–water partition coefficient (Wildman–Crippen LogP) is 2.30. The van der Waals surface area contributed by atoms with Crippen LogP contribution in [-0.2, 0) is 4.79 Å². The second kappa shape index (κ2) is 8.90. The molecule has 2 unspecified atom stereocenters. The Morgan fingerprint density at radius 2 is 2.33 bits per heavy atom. The molecule has 2 atom stereocenters. The highest BCUT2D eigenvalue weighted by Gasteiger charge is 2.21. The van der Waals surface area contributed by atoms with Crippen LogP contribution in [0.4, 0.5) is 0 Å². The van der Waals surface area contributed by atoms with Gasteiger partial charge in [-0.2, -0.15) is 0 Å². The molecule has 0 aromatic heterocycles. The van der Waals surface area contributed by atoms with Crippen LogP contribution in [0.1, 0.15) is 25.3 Å². The molecule has 118 valence electrons. The molecule has 1 aliphatic heterocycles. The molecule has 2 N–H and O–H groups in total. The molecule has 0 aliphatic carbocycles. The molecule has 0 radical (unpaired) electrons. The predicted molar refractivity (Wildman–Crippen MR) is 87.1 cm³/mol. The molecule has 1 fully saturated rings. The normalized spacial score (nSPS) is 19.2. The smallest absolute Gasteiger partial charge is 0.224 e. The number of halogens is 1. The maximum atomic E-state index is 12.0. The zero-order chi connectivity index (χ0) is 14.4. The number of benzene rings is 1. The molecule has 1 heterocycles. The summed E-state index contributed by atoms with van der Waals surface area (Å²) in [4.78, 5) is 12.0. The Balaban J connectivity index is 0.00000220. The van der Waals surface area contributed by atoms with Crippen molar-refractivity contribution in [2.45, 2.75) is 32.8 Å². The first-order chi connectivity index (χ1) is 9.65. The average Bonchev–Trinajstić information content (AvgIpc) is 2.46. The number of nitrogens with one attached hydrogen (secondary N) is 2. The quantitative estimate of drug-likeness (QED) is 0.877. The van der Waals surface area contributed by atoms with Gasteiger partial charge in [-0.05, 0) is 50.9 Å². The van der Waals surface area contributed by atoms with Gasteiger partial charge in [-0.25, -0.2) is 0 Å². The summed E-state index contributed by atoms with van der Waals surface area (Å²) in [5.74, 6) is 1.10. The zero-order valence-electron chi connectivity index (χ0n) is 12.7. The first-order valence-corrected chi connectivity index (χ1v) is 7.37. The van der Waals surface area contributed by atoms with Gasteiger partial charge in [-0.3, -0.25) is 4.79 Å². The Bertz CT molecular complexity index is 448. The number of hydrogen-bond acceptors (Lipinski definition) is 3. The second-order valence-electron chi connectivity index (χ2n) is 5.53. The fourth-order valence-corrected chi connectivity index (χ4v) is 2.43. The molecule has 5 heteroatoms. The summed E-state index contributed by atoms with van der Waals surface area (Å²) in [5, 5.41) is 6.24. The summed E-state index contributed by atoms with van der Waals surface area (Å²) in [6, 6.07) is 7.96. The van der Waals surface area contributed by atoms with Gasteiger partial charge >= 0.3 is 0 Å². The monoisotopic (exact) mass is 312 g/mol.